The Morgan fingerprint density at radius 1 is 0.941 bits per heavy atom. The maximum atomic E-state index is 9.11. The van der Waals surface area contributed by atoms with E-state index >= 15 is 0 Å². The zero-order chi connectivity index (χ0) is 11.9. The first-order valence-electron chi connectivity index (χ1n) is 5.28. The van der Waals surface area contributed by atoms with Crippen LogP contribution in [-0.4, -0.2) is 0 Å². The average Bonchev–Trinajstić information content (AvgIpc) is 2.40. The zero-order valence-electron chi connectivity index (χ0n) is 9.21. The minimum Gasteiger partial charge on any atom is -0.192 e. The van der Waals surface area contributed by atoms with Gasteiger partial charge in [0.05, 0.1) is 4.91 Å². The molecular formula is C15H11NS. The minimum atomic E-state index is 0.697. The van der Waals surface area contributed by atoms with Crippen molar-refractivity contribution in [2.45, 2.75) is 4.90 Å². The predicted molar refractivity (Wildman–Crippen MR) is 72.3 cm³/mol. The molecule has 0 fully saturated rings. The largest absolute Gasteiger partial charge is 0.192 e. The summed E-state index contributed by atoms with van der Waals surface area (Å²) in [5.41, 5.74) is 1.05. The van der Waals surface area contributed by atoms with Gasteiger partial charge in [0, 0.05) is 4.90 Å². The van der Waals surface area contributed by atoms with E-state index in [2.05, 4.69) is 6.07 Å². The average molecular weight is 237 g/mol. The minimum absolute atomic E-state index is 0.697. The van der Waals surface area contributed by atoms with E-state index in [1.54, 1.807) is 0 Å². The van der Waals surface area contributed by atoms with Crippen molar-refractivity contribution in [1.82, 2.24) is 0 Å². The molecule has 0 aliphatic carbocycles. The molecule has 0 bridgehead atoms. The first kappa shape index (κ1) is 11.5. The molecule has 0 aliphatic rings. The molecule has 2 aromatic carbocycles. The number of benzene rings is 2. The number of rotatable bonds is 3. The number of nitrogens with zero attached hydrogens (tertiary/aromatic N) is 1. The molecule has 0 spiro atoms. The third-order valence-corrected chi connectivity index (χ3v) is 3.12. The summed E-state index contributed by atoms with van der Waals surface area (Å²) < 4.78 is 0. The van der Waals surface area contributed by atoms with Crippen LogP contribution in [0.2, 0.25) is 0 Å². The number of allylic oxidation sites excluding steroid dienone is 1. The Labute approximate surface area is 105 Å². The molecule has 0 aromatic heterocycles. The van der Waals surface area contributed by atoms with Crippen molar-refractivity contribution in [3.05, 3.63) is 71.1 Å². The predicted octanol–water partition coefficient (Wildman–Crippen LogP) is 4.34. The van der Waals surface area contributed by atoms with Crippen molar-refractivity contribution in [2.24, 2.45) is 0 Å². The highest BCUT2D eigenvalue weighted by Crippen LogP contribution is 2.27. The normalized spacial score (nSPS) is 10.9. The third kappa shape index (κ3) is 3.51. The summed E-state index contributed by atoms with van der Waals surface area (Å²) in [5.74, 6) is 0. The summed E-state index contributed by atoms with van der Waals surface area (Å²) in [7, 11) is 0. The lowest BCUT2D eigenvalue weighted by Gasteiger charge is -1.99. The first-order valence-corrected chi connectivity index (χ1v) is 6.10. The SMILES string of the molecule is N#C/C(=C\c1ccccc1)Sc1ccccc1. The van der Waals surface area contributed by atoms with Crippen LogP contribution >= 0.6 is 11.8 Å². The molecule has 1 nitrogen and oxygen atoms in total. The fourth-order valence-electron chi connectivity index (χ4n) is 1.40. The fraction of sp³-hybridized carbons (Fsp3) is 0. The van der Waals surface area contributed by atoms with Gasteiger partial charge in [-0.1, -0.05) is 60.3 Å². The van der Waals surface area contributed by atoms with E-state index in [0.29, 0.717) is 4.91 Å². The lowest BCUT2D eigenvalue weighted by Crippen LogP contribution is -1.75. The summed E-state index contributed by atoms with van der Waals surface area (Å²) in [6.07, 6.45) is 1.90. The Kier molecular flexibility index (Phi) is 4.01. The lowest BCUT2D eigenvalue weighted by molar-refractivity contribution is 1.47. The molecule has 2 rings (SSSR count). The van der Waals surface area contributed by atoms with Crippen molar-refractivity contribution >= 4 is 17.8 Å². The van der Waals surface area contributed by atoms with E-state index < -0.39 is 0 Å². The highest BCUT2D eigenvalue weighted by atomic mass is 32.2. The van der Waals surface area contributed by atoms with Gasteiger partial charge < -0.3 is 0 Å². The quantitative estimate of drug-likeness (QED) is 0.585. The van der Waals surface area contributed by atoms with Crippen LogP contribution in [0, 0.1) is 11.3 Å². The topological polar surface area (TPSA) is 23.8 Å². The summed E-state index contributed by atoms with van der Waals surface area (Å²) in [6.45, 7) is 0. The van der Waals surface area contributed by atoms with Crippen LogP contribution in [-0.2, 0) is 0 Å². The third-order valence-electron chi connectivity index (χ3n) is 2.18. The van der Waals surface area contributed by atoms with Gasteiger partial charge in [-0.15, -0.1) is 0 Å². The molecule has 0 radical (unpaired) electrons. The van der Waals surface area contributed by atoms with Gasteiger partial charge in [0.15, 0.2) is 0 Å². The van der Waals surface area contributed by atoms with Gasteiger partial charge >= 0.3 is 0 Å². The number of hydrogen-bond donors (Lipinski definition) is 0. The lowest BCUT2D eigenvalue weighted by atomic mass is 10.2. The van der Waals surface area contributed by atoms with Gasteiger partial charge in [0.2, 0.25) is 0 Å². The second kappa shape index (κ2) is 5.93. The molecule has 0 heterocycles. The van der Waals surface area contributed by atoms with Crippen LogP contribution in [0.3, 0.4) is 0 Å². The fourth-order valence-corrected chi connectivity index (χ4v) is 2.19. The smallest absolute Gasteiger partial charge is 0.106 e. The monoisotopic (exact) mass is 237 g/mol. The van der Waals surface area contributed by atoms with Crippen LogP contribution in [0.4, 0.5) is 0 Å². The standard InChI is InChI=1S/C15H11NS/c16-12-15(11-13-7-3-1-4-8-13)17-14-9-5-2-6-10-14/h1-11H/b15-11+. The second-order valence-electron chi connectivity index (χ2n) is 3.45. The van der Waals surface area contributed by atoms with Crippen molar-refractivity contribution in [3.63, 3.8) is 0 Å². The van der Waals surface area contributed by atoms with Crippen LogP contribution in [0.15, 0.2) is 70.5 Å². The molecule has 2 heteroatoms. The Morgan fingerprint density at radius 3 is 2.12 bits per heavy atom. The molecule has 0 amide bonds. The van der Waals surface area contributed by atoms with Gasteiger partial charge in [-0.25, -0.2) is 0 Å². The van der Waals surface area contributed by atoms with Crippen LogP contribution in [0.5, 0.6) is 0 Å². The van der Waals surface area contributed by atoms with Crippen LogP contribution in [0.25, 0.3) is 6.08 Å². The van der Waals surface area contributed by atoms with Gasteiger partial charge in [-0.05, 0) is 23.8 Å². The van der Waals surface area contributed by atoms with E-state index in [0.717, 1.165) is 10.5 Å². The van der Waals surface area contributed by atoms with E-state index in [1.165, 1.54) is 11.8 Å². The highest BCUT2D eigenvalue weighted by Gasteiger charge is 1.99. The molecular weight excluding hydrogens is 226 g/mol. The Balaban J connectivity index is 2.19. The van der Waals surface area contributed by atoms with Gasteiger partial charge in [0.1, 0.15) is 6.07 Å². The number of thioether (sulfide) groups is 1. The molecule has 82 valence electrons. The van der Waals surface area contributed by atoms with Crippen molar-refractivity contribution in [3.8, 4) is 6.07 Å². The Bertz CT molecular complexity index is 538. The van der Waals surface area contributed by atoms with E-state index in [1.807, 2.05) is 66.7 Å². The van der Waals surface area contributed by atoms with Gasteiger partial charge in [0.25, 0.3) is 0 Å². The van der Waals surface area contributed by atoms with Gasteiger partial charge in [-0.2, -0.15) is 5.26 Å². The highest BCUT2D eigenvalue weighted by molar-refractivity contribution is 8.03. The van der Waals surface area contributed by atoms with Crippen LogP contribution in [0.1, 0.15) is 5.56 Å². The second-order valence-corrected chi connectivity index (χ2v) is 4.56. The summed E-state index contributed by atoms with van der Waals surface area (Å²) in [5, 5.41) is 9.11. The maximum absolute atomic E-state index is 9.11. The van der Waals surface area contributed by atoms with Crippen LogP contribution < -0.4 is 0 Å². The van der Waals surface area contributed by atoms with Gasteiger partial charge in [-0.3, -0.25) is 0 Å². The molecule has 0 saturated heterocycles. The first-order chi connectivity index (χ1) is 8.38. The molecule has 0 N–H and O–H groups in total. The molecule has 2 aromatic rings. The molecule has 0 unspecified atom stereocenters. The Hall–Kier alpha value is -1.98. The molecule has 0 atom stereocenters. The zero-order valence-corrected chi connectivity index (χ0v) is 10.0. The summed E-state index contributed by atoms with van der Waals surface area (Å²) in [6, 6.07) is 22.0. The van der Waals surface area contributed by atoms with Crippen molar-refractivity contribution in [1.29, 1.82) is 5.26 Å². The number of nitriles is 1. The molecule has 17 heavy (non-hydrogen) atoms. The summed E-state index contributed by atoms with van der Waals surface area (Å²) >= 11 is 1.48. The van der Waals surface area contributed by atoms with E-state index in [4.69, 9.17) is 5.26 Å². The van der Waals surface area contributed by atoms with E-state index in [-0.39, 0.29) is 0 Å². The van der Waals surface area contributed by atoms with Crippen molar-refractivity contribution < 1.29 is 0 Å². The maximum Gasteiger partial charge on any atom is 0.106 e. The molecule has 0 saturated carbocycles. The van der Waals surface area contributed by atoms with E-state index in [9.17, 15) is 0 Å². The molecule has 0 aliphatic heterocycles. The summed E-state index contributed by atoms with van der Waals surface area (Å²) in [4.78, 5) is 1.78. The van der Waals surface area contributed by atoms with Crippen molar-refractivity contribution in [2.75, 3.05) is 0 Å². The number of hydrogen-bond acceptors (Lipinski definition) is 2. The Morgan fingerprint density at radius 2 is 1.53 bits per heavy atom.